The summed E-state index contributed by atoms with van der Waals surface area (Å²) in [6.45, 7) is 1.92. The molecule has 0 saturated carbocycles. The van der Waals surface area contributed by atoms with Gasteiger partial charge in [0.15, 0.2) is 11.0 Å². The fourth-order valence-corrected chi connectivity index (χ4v) is 3.54. The highest BCUT2D eigenvalue weighted by Crippen LogP contribution is 2.23. The third-order valence-corrected chi connectivity index (χ3v) is 4.69. The predicted octanol–water partition coefficient (Wildman–Crippen LogP) is 3.33. The fourth-order valence-electron chi connectivity index (χ4n) is 2.28. The van der Waals surface area contributed by atoms with Crippen LogP contribution in [0.1, 0.15) is 16.1 Å². The van der Waals surface area contributed by atoms with Crippen molar-refractivity contribution in [3.05, 3.63) is 65.9 Å². The molecule has 20 heavy (non-hydrogen) atoms. The number of fused-ring (bicyclic) bond motifs is 1. The van der Waals surface area contributed by atoms with Gasteiger partial charge in [0.2, 0.25) is 0 Å². The number of hydrogen-bond donors (Lipinski definition) is 0. The zero-order valence-corrected chi connectivity index (χ0v) is 11.8. The summed E-state index contributed by atoms with van der Waals surface area (Å²) in [5, 5.41) is 0.927. The molecule has 3 rings (SSSR count). The largest absolute Gasteiger partial charge is 0.298 e. The van der Waals surface area contributed by atoms with Gasteiger partial charge in [-0.15, -0.1) is 0 Å². The number of rotatable bonds is 3. The Kier molecular flexibility index (Phi) is 3.24. The van der Waals surface area contributed by atoms with Crippen LogP contribution in [0.4, 0.5) is 0 Å². The van der Waals surface area contributed by atoms with Crippen molar-refractivity contribution in [3.8, 4) is 0 Å². The Morgan fingerprint density at radius 1 is 1.05 bits per heavy atom. The van der Waals surface area contributed by atoms with Crippen LogP contribution in [0.2, 0.25) is 0 Å². The molecule has 0 amide bonds. The maximum atomic E-state index is 12.7. The Morgan fingerprint density at radius 3 is 2.50 bits per heavy atom. The molecular formula is C16H13NO2S. The first kappa shape index (κ1) is 12.8. The number of hydrogen-bond acceptors (Lipinski definition) is 2. The highest BCUT2D eigenvalue weighted by Gasteiger charge is 2.13. The van der Waals surface area contributed by atoms with Gasteiger partial charge in [0.05, 0.1) is 10.4 Å². The average Bonchev–Trinajstić information content (AvgIpc) is 2.82. The molecule has 1 unspecified atom stereocenters. The van der Waals surface area contributed by atoms with Gasteiger partial charge in [0.25, 0.3) is 0 Å². The van der Waals surface area contributed by atoms with Gasteiger partial charge < -0.3 is 0 Å². The van der Waals surface area contributed by atoms with E-state index in [1.165, 1.54) is 0 Å². The van der Waals surface area contributed by atoms with Gasteiger partial charge >= 0.3 is 0 Å². The van der Waals surface area contributed by atoms with Crippen molar-refractivity contribution in [1.82, 2.24) is 3.97 Å². The number of aldehydes is 1. The lowest BCUT2D eigenvalue weighted by Crippen LogP contribution is -2.06. The van der Waals surface area contributed by atoms with Crippen molar-refractivity contribution in [2.75, 3.05) is 0 Å². The molecule has 1 heterocycles. The predicted molar refractivity (Wildman–Crippen MR) is 80.3 cm³/mol. The van der Waals surface area contributed by atoms with E-state index in [0.717, 1.165) is 27.8 Å². The quantitative estimate of drug-likeness (QED) is 0.692. The van der Waals surface area contributed by atoms with Crippen LogP contribution >= 0.6 is 0 Å². The first-order valence-electron chi connectivity index (χ1n) is 6.25. The monoisotopic (exact) mass is 283 g/mol. The van der Waals surface area contributed by atoms with Crippen molar-refractivity contribution in [3.63, 3.8) is 0 Å². The standard InChI is InChI=1S/C16H13NO2S/c1-12-9-14-10-13(11-18)7-8-16(14)17(12)20(19)15-5-3-2-4-6-15/h2-11H,1H3. The van der Waals surface area contributed by atoms with Gasteiger partial charge in [-0.25, -0.2) is 4.21 Å². The molecule has 2 aromatic carbocycles. The number of benzene rings is 2. The molecule has 0 bridgehead atoms. The lowest BCUT2D eigenvalue weighted by Gasteiger charge is -2.07. The molecule has 0 N–H and O–H groups in total. The minimum absolute atomic E-state index is 0.625. The molecular weight excluding hydrogens is 270 g/mol. The summed E-state index contributed by atoms with van der Waals surface area (Å²) in [4.78, 5) is 11.6. The van der Waals surface area contributed by atoms with Crippen molar-refractivity contribution in [2.24, 2.45) is 0 Å². The van der Waals surface area contributed by atoms with Crippen LogP contribution < -0.4 is 0 Å². The number of aryl methyl sites for hydroxylation is 1. The van der Waals surface area contributed by atoms with Crippen LogP contribution in [0.5, 0.6) is 0 Å². The molecule has 3 aromatic rings. The van der Waals surface area contributed by atoms with Gasteiger partial charge in [0, 0.05) is 16.6 Å². The molecule has 4 heteroatoms. The van der Waals surface area contributed by atoms with Crippen molar-refractivity contribution in [1.29, 1.82) is 0 Å². The first-order chi connectivity index (χ1) is 9.70. The minimum atomic E-state index is -1.28. The molecule has 0 aliphatic rings. The topological polar surface area (TPSA) is 39.1 Å². The third kappa shape index (κ3) is 2.08. The molecule has 0 spiro atoms. The van der Waals surface area contributed by atoms with Crippen LogP contribution in [-0.2, 0) is 11.0 Å². The Morgan fingerprint density at radius 2 is 1.80 bits per heavy atom. The van der Waals surface area contributed by atoms with Crippen LogP contribution in [-0.4, -0.2) is 14.5 Å². The minimum Gasteiger partial charge on any atom is -0.298 e. The summed E-state index contributed by atoms with van der Waals surface area (Å²) in [5.74, 6) is 0. The van der Waals surface area contributed by atoms with Gasteiger partial charge in [-0.1, -0.05) is 18.2 Å². The van der Waals surface area contributed by atoms with E-state index < -0.39 is 11.0 Å². The molecule has 1 aromatic heterocycles. The molecule has 0 aliphatic heterocycles. The van der Waals surface area contributed by atoms with Crippen molar-refractivity contribution < 1.29 is 9.00 Å². The van der Waals surface area contributed by atoms with Gasteiger partial charge in [-0.3, -0.25) is 8.77 Å². The van der Waals surface area contributed by atoms with Crippen LogP contribution in [0, 0.1) is 6.92 Å². The summed E-state index contributed by atoms with van der Waals surface area (Å²) in [5.41, 5.74) is 2.40. The molecule has 0 saturated heterocycles. The maximum absolute atomic E-state index is 12.7. The van der Waals surface area contributed by atoms with Crippen molar-refractivity contribution >= 4 is 28.2 Å². The smallest absolute Gasteiger partial charge is 0.157 e. The zero-order valence-electron chi connectivity index (χ0n) is 10.9. The summed E-state index contributed by atoms with van der Waals surface area (Å²) in [6, 6.07) is 16.7. The SMILES string of the molecule is Cc1cc2cc(C=O)ccc2n1S(=O)c1ccccc1. The summed E-state index contributed by atoms with van der Waals surface area (Å²) in [6.07, 6.45) is 0.820. The highest BCUT2D eigenvalue weighted by molar-refractivity contribution is 7.83. The lowest BCUT2D eigenvalue weighted by atomic mass is 10.2. The number of carbonyl (C=O) groups is 1. The van der Waals surface area contributed by atoms with E-state index in [1.54, 1.807) is 10.0 Å². The molecule has 1 atom stereocenters. The van der Waals surface area contributed by atoms with E-state index in [-0.39, 0.29) is 0 Å². The normalized spacial score (nSPS) is 12.4. The fraction of sp³-hybridized carbons (Fsp3) is 0.0625. The van der Waals surface area contributed by atoms with Crippen LogP contribution in [0.3, 0.4) is 0 Å². The zero-order chi connectivity index (χ0) is 14.1. The van der Waals surface area contributed by atoms with E-state index >= 15 is 0 Å². The molecule has 3 nitrogen and oxygen atoms in total. The van der Waals surface area contributed by atoms with E-state index in [1.807, 2.05) is 55.5 Å². The molecule has 100 valence electrons. The Labute approximate surface area is 119 Å². The second kappa shape index (κ2) is 5.06. The second-order valence-corrected chi connectivity index (χ2v) is 5.91. The first-order valence-corrected chi connectivity index (χ1v) is 7.36. The number of aromatic nitrogens is 1. The van der Waals surface area contributed by atoms with Crippen molar-refractivity contribution in [2.45, 2.75) is 11.8 Å². The maximum Gasteiger partial charge on any atom is 0.157 e. The Bertz CT molecular complexity index is 806. The summed E-state index contributed by atoms with van der Waals surface area (Å²) >= 11 is 0. The molecule has 0 aliphatic carbocycles. The summed E-state index contributed by atoms with van der Waals surface area (Å²) in [7, 11) is -1.28. The van der Waals surface area contributed by atoms with Crippen LogP contribution in [0.25, 0.3) is 10.9 Å². The Hall–Kier alpha value is -2.20. The number of nitrogens with zero attached hydrogens (tertiary/aromatic N) is 1. The van der Waals surface area contributed by atoms with E-state index in [4.69, 9.17) is 0 Å². The third-order valence-electron chi connectivity index (χ3n) is 3.20. The lowest BCUT2D eigenvalue weighted by molar-refractivity contribution is 0.112. The van der Waals surface area contributed by atoms with Crippen LogP contribution in [0.15, 0.2) is 59.5 Å². The number of carbonyl (C=O) groups excluding carboxylic acids is 1. The second-order valence-electron chi connectivity index (χ2n) is 4.58. The van der Waals surface area contributed by atoms with E-state index in [0.29, 0.717) is 5.56 Å². The Balaban J connectivity index is 2.19. The summed E-state index contributed by atoms with van der Waals surface area (Å²) < 4.78 is 14.5. The van der Waals surface area contributed by atoms with Gasteiger partial charge in [-0.2, -0.15) is 0 Å². The molecule has 0 fully saturated rings. The van der Waals surface area contributed by atoms with Gasteiger partial charge in [-0.05, 0) is 43.3 Å². The molecule has 0 radical (unpaired) electrons. The van der Waals surface area contributed by atoms with Gasteiger partial charge in [0.1, 0.15) is 6.29 Å². The van der Waals surface area contributed by atoms with E-state index in [2.05, 4.69) is 0 Å². The average molecular weight is 283 g/mol. The van der Waals surface area contributed by atoms with E-state index in [9.17, 15) is 9.00 Å². The highest BCUT2D eigenvalue weighted by atomic mass is 32.2.